The molecule has 3 rings (SSSR count). The molecule has 0 amide bonds. The Hall–Kier alpha value is -2.27. The number of fused-ring (bicyclic) bond motifs is 1. The van der Waals surface area contributed by atoms with E-state index in [1.807, 2.05) is 30.3 Å². The van der Waals surface area contributed by atoms with Crippen LogP contribution in [0.25, 0.3) is 20.8 Å². The molecule has 0 saturated heterocycles. The Labute approximate surface area is 113 Å². The van der Waals surface area contributed by atoms with Crippen LogP contribution in [-0.2, 0) is 0 Å². The van der Waals surface area contributed by atoms with Gasteiger partial charge in [0.1, 0.15) is 10.7 Å². The minimum atomic E-state index is -0.228. The Balaban J connectivity index is 2.22. The molecule has 1 aromatic carbocycles. The van der Waals surface area contributed by atoms with Crippen LogP contribution in [0.1, 0.15) is 0 Å². The van der Waals surface area contributed by atoms with Crippen LogP contribution >= 0.6 is 11.3 Å². The van der Waals surface area contributed by atoms with E-state index in [9.17, 15) is 4.79 Å². The highest BCUT2D eigenvalue weighted by Crippen LogP contribution is 2.25. The van der Waals surface area contributed by atoms with Crippen LogP contribution in [0.3, 0.4) is 0 Å². The topological polar surface area (TPSA) is 52.1 Å². The predicted octanol–water partition coefficient (Wildman–Crippen LogP) is 2.73. The molecule has 0 aliphatic carbocycles. The minimum Gasteiger partial charge on any atom is -0.481 e. The summed E-state index contributed by atoms with van der Waals surface area (Å²) in [6.07, 6.45) is 0. The number of hydrogen-bond acceptors (Lipinski definition) is 5. The molecule has 0 aliphatic rings. The lowest BCUT2D eigenvalue weighted by Crippen LogP contribution is -2.06. The second-order valence-electron chi connectivity index (χ2n) is 3.89. The van der Waals surface area contributed by atoms with Gasteiger partial charge in [0.25, 0.3) is 5.56 Å². The highest BCUT2D eigenvalue weighted by molar-refractivity contribution is 7.21. The highest BCUT2D eigenvalue weighted by Gasteiger charge is 2.08. The van der Waals surface area contributed by atoms with Crippen molar-refractivity contribution in [3.63, 3.8) is 0 Å². The lowest BCUT2D eigenvalue weighted by Gasteiger charge is -2.03. The van der Waals surface area contributed by atoms with Crippen molar-refractivity contribution in [2.75, 3.05) is 7.11 Å². The molecular formula is C14H10N2O2S. The van der Waals surface area contributed by atoms with E-state index < -0.39 is 0 Å². The smallest absolute Gasteiger partial charge is 0.279 e. The molecule has 94 valence electrons. The summed E-state index contributed by atoms with van der Waals surface area (Å²) in [5.74, 6) is 0.507. The SMILES string of the molecule is COc1cccc(-c2nc(=O)c3ccccc3s2)n1. The van der Waals surface area contributed by atoms with Gasteiger partial charge in [-0.1, -0.05) is 18.2 Å². The van der Waals surface area contributed by atoms with Crippen molar-refractivity contribution in [2.45, 2.75) is 0 Å². The fraction of sp³-hybridized carbons (Fsp3) is 0.0714. The summed E-state index contributed by atoms with van der Waals surface area (Å²) < 4.78 is 5.99. The Kier molecular flexibility index (Phi) is 2.97. The minimum absolute atomic E-state index is 0.228. The van der Waals surface area contributed by atoms with Crippen molar-refractivity contribution >= 4 is 21.4 Å². The summed E-state index contributed by atoms with van der Waals surface area (Å²) in [7, 11) is 1.56. The zero-order chi connectivity index (χ0) is 13.2. The molecular weight excluding hydrogens is 260 g/mol. The zero-order valence-corrected chi connectivity index (χ0v) is 11.0. The monoisotopic (exact) mass is 270 g/mol. The van der Waals surface area contributed by atoms with E-state index >= 15 is 0 Å². The zero-order valence-electron chi connectivity index (χ0n) is 10.2. The molecule has 5 heteroatoms. The largest absolute Gasteiger partial charge is 0.481 e. The predicted molar refractivity (Wildman–Crippen MR) is 75.7 cm³/mol. The molecule has 0 unspecified atom stereocenters. The molecule has 0 saturated carbocycles. The number of methoxy groups -OCH3 is 1. The van der Waals surface area contributed by atoms with Gasteiger partial charge in [0.15, 0.2) is 0 Å². The van der Waals surface area contributed by atoms with E-state index in [2.05, 4.69) is 9.97 Å². The van der Waals surface area contributed by atoms with Crippen LogP contribution in [0, 0.1) is 0 Å². The maximum absolute atomic E-state index is 12.0. The third-order valence-electron chi connectivity index (χ3n) is 2.68. The van der Waals surface area contributed by atoms with Crippen molar-refractivity contribution in [1.29, 1.82) is 0 Å². The summed E-state index contributed by atoms with van der Waals surface area (Å²) >= 11 is 1.44. The number of aromatic nitrogens is 2. The first-order valence-electron chi connectivity index (χ1n) is 5.69. The Bertz CT molecular complexity index is 799. The summed E-state index contributed by atoms with van der Waals surface area (Å²) in [4.78, 5) is 20.4. The van der Waals surface area contributed by atoms with Gasteiger partial charge in [0.2, 0.25) is 5.88 Å². The van der Waals surface area contributed by atoms with Crippen molar-refractivity contribution < 1.29 is 4.74 Å². The molecule has 0 fully saturated rings. The highest BCUT2D eigenvalue weighted by atomic mass is 32.1. The lowest BCUT2D eigenvalue weighted by molar-refractivity contribution is 0.398. The van der Waals surface area contributed by atoms with Gasteiger partial charge >= 0.3 is 0 Å². The van der Waals surface area contributed by atoms with Crippen LogP contribution in [0.4, 0.5) is 0 Å². The van der Waals surface area contributed by atoms with Crippen molar-refractivity contribution in [3.8, 4) is 16.6 Å². The van der Waals surface area contributed by atoms with Gasteiger partial charge in [0.05, 0.1) is 12.5 Å². The Morgan fingerprint density at radius 2 is 1.89 bits per heavy atom. The average Bonchev–Trinajstić information content (AvgIpc) is 2.47. The van der Waals surface area contributed by atoms with E-state index in [0.717, 1.165) is 4.70 Å². The second kappa shape index (κ2) is 4.78. The summed E-state index contributed by atoms with van der Waals surface area (Å²) in [6, 6.07) is 12.8. The first kappa shape index (κ1) is 11.8. The summed E-state index contributed by atoms with van der Waals surface area (Å²) in [6.45, 7) is 0. The number of hydrogen-bond donors (Lipinski definition) is 0. The average molecular weight is 270 g/mol. The van der Waals surface area contributed by atoms with Gasteiger partial charge in [-0.05, 0) is 18.2 Å². The number of benzene rings is 1. The van der Waals surface area contributed by atoms with Crippen molar-refractivity contribution in [3.05, 3.63) is 52.8 Å². The van der Waals surface area contributed by atoms with Crippen molar-refractivity contribution in [1.82, 2.24) is 9.97 Å². The standard InChI is InChI=1S/C14H10N2O2S/c1-18-12-8-4-6-10(15-12)14-16-13(17)9-5-2-3-7-11(9)19-14/h2-8H,1H3. The molecule has 2 heterocycles. The van der Waals surface area contributed by atoms with Crippen LogP contribution in [0.2, 0.25) is 0 Å². The number of pyridine rings is 1. The van der Waals surface area contributed by atoms with Gasteiger partial charge in [-0.15, -0.1) is 11.3 Å². The van der Waals surface area contributed by atoms with Crippen molar-refractivity contribution in [2.24, 2.45) is 0 Å². The molecule has 0 aliphatic heterocycles. The molecule has 2 aromatic heterocycles. The Morgan fingerprint density at radius 1 is 1.05 bits per heavy atom. The first-order valence-corrected chi connectivity index (χ1v) is 6.51. The summed E-state index contributed by atoms with van der Waals surface area (Å²) in [5, 5.41) is 1.24. The van der Waals surface area contributed by atoms with Crippen LogP contribution in [0.5, 0.6) is 5.88 Å². The molecule has 0 radical (unpaired) electrons. The lowest BCUT2D eigenvalue weighted by atomic mass is 10.3. The van der Waals surface area contributed by atoms with Gasteiger partial charge in [-0.3, -0.25) is 4.79 Å². The van der Waals surface area contributed by atoms with E-state index in [4.69, 9.17) is 4.74 Å². The van der Waals surface area contributed by atoms with Crippen LogP contribution in [0.15, 0.2) is 47.3 Å². The van der Waals surface area contributed by atoms with Crippen LogP contribution in [-0.4, -0.2) is 17.1 Å². The van der Waals surface area contributed by atoms with Crippen LogP contribution < -0.4 is 10.3 Å². The van der Waals surface area contributed by atoms with Gasteiger partial charge < -0.3 is 4.74 Å². The maximum atomic E-state index is 12.0. The van der Waals surface area contributed by atoms with Gasteiger partial charge in [-0.25, -0.2) is 4.98 Å². The van der Waals surface area contributed by atoms with Gasteiger partial charge in [0, 0.05) is 10.8 Å². The molecule has 0 bridgehead atoms. The van der Waals surface area contributed by atoms with E-state index in [-0.39, 0.29) is 5.56 Å². The van der Waals surface area contributed by atoms with E-state index in [1.54, 1.807) is 19.2 Å². The normalized spacial score (nSPS) is 10.6. The summed E-state index contributed by atoms with van der Waals surface area (Å²) in [5.41, 5.74) is 0.418. The van der Waals surface area contributed by atoms with E-state index in [0.29, 0.717) is 22.0 Å². The molecule has 3 aromatic rings. The molecule has 19 heavy (non-hydrogen) atoms. The Morgan fingerprint density at radius 3 is 2.74 bits per heavy atom. The number of nitrogens with zero attached hydrogens (tertiary/aromatic N) is 2. The fourth-order valence-electron chi connectivity index (χ4n) is 1.77. The maximum Gasteiger partial charge on any atom is 0.279 e. The van der Waals surface area contributed by atoms with E-state index in [1.165, 1.54) is 11.3 Å². The number of rotatable bonds is 2. The fourth-order valence-corrected chi connectivity index (χ4v) is 2.74. The third kappa shape index (κ3) is 2.20. The molecule has 0 atom stereocenters. The quantitative estimate of drug-likeness (QED) is 0.718. The van der Waals surface area contributed by atoms with Gasteiger partial charge in [-0.2, -0.15) is 4.98 Å². The second-order valence-corrected chi connectivity index (χ2v) is 4.92. The first-order chi connectivity index (χ1) is 9.28. The molecule has 0 N–H and O–H groups in total. The third-order valence-corrected chi connectivity index (χ3v) is 3.75. The number of ether oxygens (including phenoxy) is 1. The molecule has 0 spiro atoms. The molecule has 4 nitrogen and oxygen atoms in total.